The molecule has 0 bridgehead atoms. The van der Waals surface area contributed by atoms with Crippen LogP contribution in [-0.2, 0) is 0 Å². The quantitative estimate of drug-likeness (QED) is 0.631. The van der Waals surface area contributed by atoms with E-state index in [-0.39, 0.29) is 5.69 Å². The first-order valence-corrected chi connectivity index (χ1v) is 8.01. The van der Waals surface area contributed by atoms with Crippen LogP contribution in [0.2, 0.25) is 0 Å². The van der Waals surface area contributed by atoms with Crippen molar-refractivity contribution < 1.29 is 13.9 Å². The first-order valence-electron chi connectivity index (χ1n) is 7.22. The summed E-state index contributed by atoms with van der Waals surface area (Å²) in [5, 5.41) is 2.57. The number of halogens is 2. The van der Waals surface area contributed by atoms with Gasteiger partial charge in [-0.15, -0.1) is 0 Å². The molecule has 120 valence electrons. The van der Waals surface area contributed by atoms with Crippen LogP contribution in [0, 0.1) is 5.82 Å². The van der Waals surface area contributed by atoms with Gasteiger partial charge in [0.15, 0.2) is 0 Å². The lowest BCUT2D eigenvalue weighted by Gasteiger charge is -2.12. The third kappa shape index (κ3) is 3.81. The molecule has 0 atom stereocenters. The topological polar surface area (TPSA) is 38.3 Å². The van der Waals surface area contributed by atoms with Crippen molar-refractivity contribution in [1.29, 1.82) is 0 Å². The Balaban J connectivity index is 1.85. The number of rotatable bonds is 4. The Morgan fingerprint density at radius 3 is 2.42 bits per heavy atom. The van der Waals surface area contributed by atoms with Crippen LogP contribution in [0.25, 0.3) is 0 Å². The summed E-state index contributed by atoms with van der Waals surface area (Å²) in [6.07, 6.45) is 0. The fourth-order valence-electron chi connectivity index (χ4n) is 2.14. The highest BCUT2D eigenvalue weighted by molar-refractivity contribution is 9.10. The zero-order chi connectivity index (χ0) is 16.9. The van der Waals surface area contributed by atoms with Gasteiger partial charge in [-0.1, -0.05) is 46.3 Å². The minimum atomic E-state index is -0.515. The molecular formula is C19H13BrFNO2. The minimum Gasteiger partial charge on any atom is -0.457 e. The van der Waals surface area contributed by atoms with Gasteiger partial charge in [0.25, 0.3) is 5.91 Å². The van der Waals surface area contributed by atoms with Gasteiger partial charge in [0.1, 0.15) is 17.3 Å². The van der Waals surface area contributed by atoms with Crippen LogP contribution in [0.5, 0.6) is 11.5 Å². The second-order valence-electron chi connectivity index (χ2n) is 4.99. The van der Waals surface area contributed by atoms with E-state index in [4.69, 9.17) is 4.74 Å². The lowest BCUT2D eigenvalue weighted by molar-refractivity contribution is 0.102. The molecule has 0 unspecified atom stereocenters. The second-order valence-corrected chi connectivity index (χ2v) is 5.91. The van der Waals surface area contributed by atoms with Gasteiger partial charge >= 0.3 is 0 Å². The van der Waals surface area contributed by atoms with Gasteiger partial charge in [0, 0.05) is 4.47 Å². The molecule has 3 rings (SSSR count). The molecule has 24 heavy (non-hydrogen) atoms. The van der Waals surface area contributed by atoms with Crippen molar-refractivity contribution in [2.45, 2.75) is 0 Å². The number of hydrogen-bond donors (Lipinski definition) is 1. The summed E-state index contributed by atoms with van der Waals surface area (Å²) in [6.45, 7) is 0. The highest BCUT2D eigenvalue weighted by atomic mass is 79.9. The molecule has 0 saturated heterocycles. The van der Waals surface area contributed by atoms with Gasteiger partial charge in [0.2, 0.25) is 0 Å². The smallest absolute Gasteiger partial charge is 0.259 e. The number of ether oxygens (including phenoxy) is 1. The van der Waals surface area contributed by atoms with Crippen LogP contribution >= 0.6 is 15.9 Å². The molecule has 0 aromatic heterocycles. The van der Waals surface area contributed by atoms with Gasteiger partial charge in [-0.3, -0.25) is 4.79 Å². The standard InChI is InChI=1S/C19H13BrFNO2/c20-13-10-11-17(16(21)12-13)22-19(23)15-8-4-5-9-18(15)24-14-6-2-1-3-7-14/h1-12H,(H,22,23). The van der Waals surface area contributed by atoms with E-state index in [1.54, 1.807) is 42.5 Å². The van der Waals surface area contributed by atoms with Gasteiger partial charge < -0.3 is 10.1 Å². The maximum absolute atomic E-state index is 13.9. The third-order valence-corrected chi connectivity index (χ3v) is 3.78. The van der Waals surface area contributed by atoms with Crippen molar-refractivity contribution in [3.63, 3.8) is 0 Å². The molecule has 0 aliphatic heterocycles. The van der Waals surface area contributed by atoms with E-state index in [2.05, 4.69) is 21.2 Å². The van der Waals surface area contributed by atoms with Crippen LogP contribution in [0.4, 0.5) is 10.1 Å². The summed E-state index contributed by atoms with van der Waals surface area (Å²) in [6, 6.07) is 20.4. The van der Waals surface area contributed by atoms with Crippen molar-refractivity contribution in [2.75, 3.05) is 5.32 Å². The summed E-state index contributed by atoms with van der Waals surface area (Å²) in [4.78, 5) is 12.5. The number of anilines is 1. The molecule has 0 aliphatic rings. The van der Waals surface area contributed by atoms with Gasteiger partial charge in [-0.05, 0) is 42.5 Å². The normalized spacial score (nSPS) is 10.2. The Bertz CT molecular complexity index is 868. The summed E-state index contributed by atoms with van der Waals surface area (Å²) in [5.74, 6) is 0.0632. The van der Waals surface area contributed by atoms with E-state index in [1.165, 1.54) is 12.1 Å². The molecule has 0 heterocycles. The number of carbonyl (C=O) groups is 1. The molecule has 3 aromatic rings. The van der Waals surface area contributed by atoms with E-state index in [0.717, 1.165) is 0 Å². The number of carbonyl (C=O) groups excluding carboxylic acids is 1. The predicted octanol–water partition coefficient (Wildman–Crippen LogP) is 5.63. The number of para-hydroxylation sites is 2. The molecule has 0 spiro atoms. The highest BCUT2D eigenvalue weighted by Crippen LogP contribution is 2.26. The molecule has 1 N–H and O–H groups in total. The maximum Gasteiger partial charge on any atom is 0.259 e. The Hall–Kier alpha value is -2.66. The number of benzene rings is 3. The van der Waals surface area contributed by atoms with E-state index in [0.29, 0.717) is 21.5 Å². The molecule has 5 heteroatoms. The van der Waals surface area contributed by atoms with Crippen molar-refractivity contribution >= 4 is 27.5 Å². The van der Waals surface area contributed by atoms with Gasteiger partial charge in [-0.2, -0.15) is 0 Å². The maximum atomic E-state index is 13.9. The largest absolute Gasteiger partial charge is 0.457 e. The Morgan fingerprint density at radius 2 is 1.67 bits per heavy atom. The van der Waals surface area contributed by atoms with E-state index >= 15 is 0 Å². The van der Waals surface area contributed by atoms with Crippen LogP contribution in [-0.4, -0.2) is 5.91 Å². The summed E-state index contributed by atoms with van der Waals surface area (Å²) < 4.78 is 20.3. The molecule has 0 aliphatic carbocycles. The minimum absolute atomic E-state index is 0.109. The first kappa shape index (κ1) is 16.2. The molecule has 0 radical (unpaired) electrons. The Morgan fingerprint density at radius 1 is 0.958 bits per heavy atom. The van der Waals surface area contributed by atoms with E-state index < -0.39 is 11.7 Å². The molecule has 0 saturated carbocycles. The third-order valence-electron chi connectivity index (χ3n) is 3.28. The summed E-state index contributed by atoms with van der Waals surface area (Å²) in [7, 11) is 0. The van der Waals surface area contributed by atoms with Gasteiger partial charge in [0.05, 0.1) is 11.3 Å². The van der Waals surface area contributed by atoms with Crippen LogP contribution < -0.4 is 10.1 Å². The van der Waals surface area contributed by atoms with Crippen molar-refractivity contribution in [1.82, 2.24) is 0 Å². The van der Waals surface area contributed by atoms with E-state index in [1.807, 2.05) is 18.2 Å². The van der Waals surface area contributed by atoms with Crippen molar-refractivity contribution in [2.24, 2.45) is 0 Å². The molecule has 3 nitrogen and oxygen atoms in total. The SMILES string of the molecule is O=C(Nc1ccc(Br)cc1F)c1ccccc1Oc1ccccc1. The predicted molar refractivity (Wildman–Crippen MR) is 95.0 cm³/mol. The fourth-order valence-corrected chi connectivity index (χ4v) is 2.47. The average Bonchev–Trinajstić information content (AvgIpc) is 2.59. The lowest BCUT2D eigenvalue weighted by Crippen LogP contribution is -2.14. The average molecular weight is 386 g/mol. The number of nitrogens with one attached hydrogen (secondary N) is 1. The number of hydrogen-bond acceptors (Lipinski definition) is 2. The monoisotopic (exact) mass is 385 g/mol. The second kappa shape index (κ2) is 7.27. The zero-order valence-corrected chi connectivity index (χ0v) is 14.1. The zero-order valence-electron chi connectivity index (χ0n) is 12.5. The molecule has 1 amide bonds. The van der Waals surface area contributed by atoms with Crippen molar-refractivity contribution in [3.8, 4) is 11.5 Å². The molecular weight excluding hydrogens is 373 g/mol. The molecule has 0 fully saturated rings. The lowest BCUT2D eigenvalue weighted by atomic mass is 10.1. The van der Waals surface area contributed by atoms with Crippen molar-refractivity contribution in [3.05, 3.63) is 88.6 Å². The Kier molecular flexibility index (Phi) is 4.91. The fraction of sp³-hybridized carbons (Fsp3) is 0. The van der Waals surface area contributed by atoms with Gasteiger partial charge in [-0.25, -0.2) is 4.39 Å². The van der Waals surface area contributed by atoms with E-state index in [9.17, 15) is 9.18 Å². The summed E-state index contributed by atoms with van der Waals surface area (Å²) in [5.41, 5.74) is 0.432. The van der Waals surface area contributed by atoms with Crippen LogP contribution in [0.3, 0.4) is 0 Å². The molecule has 3 aromatic carbocycles. The summed E-state index contributed by atoms with van der Waals surface area (Å²) >= 11 is 3.18. The Labute approximate surface area is 147 Å². The first-order chi connectivity index (χ1) is 11.6. The highest BCUT2D eigenvalue weighted by Gasteiger charge is 2.14. The van der Waals surface area contributed by atoms with Crippen LogP contribution in [0.15, 0.2) is 77.3 Å². The van der Waals surface area contributed by atoms with Crippen LogP contribution in [0.1, 0.15) is 10.4 Å². The number of amides is 1.